The highest BCUT2D eigenvalue weighted by Gasteiger charge is 2.20. The molecule has 152 valence electrons. The number of rotatable bonds is 3. The van der Waals surface area contributed by atoms with Gasteiger partial charge in [0, 0.05) is 16.8 Å². The zero-order valence-electron chi connectivity index (χ0n) is 17.0. The fourth-order valence-electron chi connectivity index (χ4n) is 4.17. The van der Waals surface area contributed by atoms with Crippen molar-refractivity contribution in [3.8, 4) is 28.3 Å². The second-order valence-corrected chi connectivity index (χ2v) is 7.85. The molecule has 0 radical (unpaired) electrons. The monoisotopic (exact) mass is 432 g/mol. The maximum Gasteiger partial charge on any atom is 0.223 e. The van der Waals surface area contributed by atoms with Crippen molar-refractivity contribution in [1.29, 1.82) is 0 Å². The van der Waals surface area contributed by atoms with Crippen molar-refractivity contribution < 1.29 is 0 Å². The van der Waals surface area contributed by atoms with Crippen LogP contribution in [0.1, 0.15) is 0 Å². The maximum atomic E-state index is 6.34. The molecule has 0 atom stereocenters. The molecule has 2 heterocycles. The maximum absolute atomic E-state index is 6.34. The predicted molar refractivity (Wildman–Crippen MR) is 130 cm³/mol. The van der Waals surface area contributed by atoms with Gasteiger partial charge < -0.3 is 0 Å². The summed E-state index contributed by atoms with van der Waals surface area (Å²) in [5.41, 5.74) is 6.46. The Bertz CT molecular complexity index is 1560. The number of hydrogen-bond acceptors (Lipinski definition) is 3. The van der Waals surface area contributed by atoms with Gasteiger partial charge in [-0.15, -0.1) is 0 Å². The molecular formula is C27H17ClN4. The largest absolute Gasteiger partial charge is 0.292 e. The van der Waals surface area contributed by atoms with Crippen LogP contribution in [0.4, 0.5) is 0 Å². The standard InChI is InChI=1S/C27H17ClN4/c28-27-30-21-16-17-22-25(23(21)24(31-27)18-10-4-1-5-11-18)32(20-14-8-3-9-15-20)26(29-22)19-12-6-2-7-13-19/h1-17H. The molecule has 2 aromatic heterocycles. The number of imidazole rings is 1. The van der Waals surface area contributed by atoms with Gasteiger partial charge in [0.05, 0.1) is 27.6 Å². The lowest BCUT2D eigenvalue weighted by atomic mass is 10.0. The molecule has 0 spiro atoms. The van der Waals surface area contributed by atoms with E-state index in [2.05, 4.69) is 38.8 Å². The van der Waals surface area contributed by atoms with Gasteiger partial charge in [-0.2, -0.15) is 0 Å². The average Bonchev–Trinajstić information content (AvgIpc) is 3.25. The smallest absolute Gasteiger partial charge is 0.223 e. The first kappa shape index (κ1) is 18.7. The highest BCUT2D eigenvalue weighted by atomic mass is 35.5. The molecule has 5 heteroatoms. The molecule has 0 fully saturated rings. The van der Waals surface area contributed by atoms with Gasteiger partial charge in [-0.1, -0.05) is 78.9 Å². The summed E-state index contributed by atoms with van der Waals surface area (Å²) >= 11 is 6.34. The van der Waals surface area contributed by atoms with Crippen molar-refractivity contribution in [2.24, 2.45) is 0 Å². The molecule has 4 aromatic carbocycles. The lowest BCUT2D eigenvalue weighted by Crippen LogP contribution is -1.99. The van der Waals surface area contributed by atoms with Crippen LogP contribution in [-0.2, 0) is 0 Å². The molecule has 0 bridgehead atoms. The summed E-state index contributed by atoms with van der Waals surface area (Å²) in [6.45, 7) is 0. The molecule has 4 nitrogen and oxygen atoms in total. The van der Waals surface area contributed by atoms with Crippen LogP contribution in [0.15, 0.2) is 103 Å². The Hall–Kier alpha value is -4.02. The quantitative estimate of drug-likeness (QED) is 0.284. The average molecular weight is 433 g/mol. The second kappa shape index (κ2) is 7.59. The van der Waals surface area contributed by atoms with E-state index in [-0.39, 0.29) is 5.28 Å². The van der Waals surface area contributed by atoms with Crippen LogP contribution in [0.5, 0.6) is 0 Å². The van der Waals surface area contributed by atoms with E-state index in [1.165, 1.54) is 0 Å². The van der Waals surface area contributed by atoms with Crippen molar-refractivity contribution in [2.45, 2.75) is 0 Å². The van der Waals surface area contributed by atoms with Crippen LogP contribution in [0.25, 0.3) is 50.3 Å². The van der Waals surface area contributed by atoms with Crippen LogP contribution < -0.4 is 0 Å². The molecule has 0 saturated heterocycles. The summed E-state index contributed by atoms with van der Waals surface area (Å²) < 4.78 is 2.19. The van der Waals surface area contributed by atoms with E-state index < -0.39 is 0 Å². The lowest BCUT2D eigenvalue weighted by Gasteiger charge is -2.13. The highest BCUT2D eigenvalue weighted by molar-refractivity contribution is 6.29. The Balaban J connectivity index is 1.81. The topological polar surface area (TPSA) is 43.6 Å². The minimum atomic E-state index is 0.227. The van der Waals surface area contributed by atoms with Gasteiger partial charge in [0.25, 0.3) is 0 Å². The van der Waals surface area contributed by atoms with Gasteiger partial charge in [-0.3, -0.25) is 4.57 Å². The highest BCUT2D eigenvalue weighted by Crippen LogP contribution is 2.37. The van der Waals surface area contributed by atoms with Crippen molar-refractivity contribution in [3.63, 3.8) is 0 Å². The first-order valence-electron chi connectivity index (χ1n) is 10.3. The third-order valence-electron chi connectivity index (χ3n) is 5.54. The molecule has 0 aliphatic carbocycles. The van der Waals surface area contributed by atoms with E-state index in [1.54, 1.807) is 0 Å². The van der Waals surface area contributed by atoms with Gasteiger partial charge in [-0.25, -0.2) is 15.0 Å². The summed E-state index contributed by atoms with van der Waals surface area (Å²) in [5.74, 6) is 0.869. The van der Waals surface area contributed by atoms with Crippen molar-refractivity contribution in [2.75, 3.05) is 0 Å². The Labute approximate surface area is 189 Å². The number of halogens is 1. The molecule has 0 amide bonds. The van der Waals surface area contributed by atoms with Gasteiger partial charge in [0.15, 0.2) is 0 Å². The summed E-state index contributed by atoms with van der Waals surface area (Å²) in [6, 6.07) is 34.5. The fraction of sp³-hybridized carbons (Fsp3) is 0. The van der Waals surface area contributed by atoms with E-state index >= 15 is 0 Å². The Kier molecular flexibility index (Phi) is 4.44. The Morgan fingerprint density at radius 1 is 0.562 bits per heavy atom. The van der Waals surface area contributed by atoms with E-state index in [1.807, 2.05) is 78.9 Å². The normalized spacial score (nSPS) is 11.3. The first-order valence-corrected chi connectivity index (χ1v) is 10.7. The van der Waals surface area contributed by atoms with Crippen LogP contribution in [0.3, 0.4) is 0 Å². The van der Waals surface area contributed by atoms with Crippen molar-refractivity contribution >= 4 is 33.5 Å². The number of hydrogen-bond donors (Lipinski definition) is 0. The minimum absolute atomic E-state index is 0.227. The summed E-state index contributed by atoms with van der Waals surface area (Å²) in [6.07, 6.45) is 0. The van der Waals surface area contributed by atoms with Crippen LogP contribution in [-0.4, -0.2) is 19.5 Å². The molecular weight excluding hydrogens is 416 g/mol. The van der Waals surface area contributed by atoms with Crippen LogP contribution in [0, 0.1) is 0 Å². The molecule has 32 heavy (non-hydrogen) atoms. The van der Waals surface area contributed by atoms with Gasteiger partial charge in [0.1, 0.15) is 5.82 Å². The number of aromatic nitrogens is 4. The number of benzene rings is 4. The van der Waals surface area contributed by atoms with E-state index in [9.17, 15) is 0 Å². The summed E-state index contributed by atoms with van der Waals surface area (Å²) in [5, 5.41) is 1.15. The van der Waals surface area contributed by atoms with Crippen LogP contribution >= 0.6 is 11.6 Å². The second-order valence-electron chi connectivity index (χ2n) is 7.51. The molecule has 0 saturated carbocycles. The van der Waals surface area contributed by atoms with Gasteiger partial charge >= 0.3 is 0 Å². The molecule has 6 rings (SSSR count). The Morgan fingerprint density at radius 2 is 1.16 bits per heavy atom. The van der Waals surface area contributed by atoms with Gasteiger partial charge in [0.2, 0.25) is 5.28 Å². The number of fused-ring (bicyclic) bond motifs is 3. The Morgan fingerprint density at radius 3 is 1.84 bits per heavy atom. The van der Waals surface area contributed by atoms with Gasteiger partial charge in [-0.05, 0) is 35.9 Å². The van der Waals surface area contributed by atoms with Crippen LogP contribution in [0.2, 0.25) is 5.28 Å². The zero-order valence-corrected chi connectivity index (χ0v) is 17.7. The molecule has 0 aliphatic rings. The number of nitrogens with zero attached hydrogens (tertiary/aromatic N) is 4. The molecule has 0 aliphatic heterocycles. The van der Waals surface area contributed by atoms with Crippen molar-refractivity contribution in [1.82, 2.24) is 19.5 Å². The van der Waals surface area contributed by atoms with E-state index in [0.29, 0.717) is 0 Å². The molecule has 6 aromatic rings. The lowest BCUT2D eigenvalue weighted by molar-refractivity contribution is 1.10. The number of para-hydroxylation sites is 1. The predicted octanol–water partition coefficient (Wildman–Crippen LogP) is 6.96. The third-order valence-corrected chi connectivity index (χ3v) is 5.71. The van der Waals surface area contributed by atoms with Crippen molar-refractivity contribution in [3.05, 3.63) is 108 Å². The first-order chi connectivity index (χ1) is 15.8. The fourth-order valence-corrected chi connectivity index (χ4v) is 4.35. The minimum Gasteiger partial charge on any atom is -0.292 e. The van der Waals surface area contributed by atoms with E-state index in [4.69, 9.17) is 16.6 Å². The summed E-state index contributed by atoms with van der Waals surface area (Å²) in [4.78, 5) is 14.2. The van der Waals surface area contributed by atoms with E-state index in [0.717, 1.165) is 50.3 Å². The molecule has 0 N–H and O–H groups in total. The summed E-state index contributed by atoms with van der Waals surface area (Å²) in [7, 11) is 0. The zero-order chi connectivity index (χ0) is 21.5. The SMILES string of the molecule is Clc1nc(-c2ccccc2)c2c(ccc3nc(-c4ccccc4)n(-c4ccccc4)c32)n1. The molecule has 0 unspecified atom stereocenters. The third kappa shape index (κ3) is 3.04.